The van der Waals surface area contributed by atoms with Gasteiger partial charge < -0.3 is 9.47 Å². The van der Waals surface area contributed by atoms with Crippen LogP contribution in [0.1, 0.15) is 11.1 Å². The number of esters is 1. The summed E-state index contributed by atoms with van der Waals surface area (Å²) in [7, 11) is 1.46. The van der Waals surface area contributed by atoms with Gasteiger partial charge in [0.1, 0.15) is 18.2 Å². The Kier molecular flexibility index (Phi) is 6.04. The molecule has 1 aromatic carbocycles. The standard InChI is InChI=1S/C14H14N2O5/c1-10-3-4-11(8-13(10)16(18)19)7-12(9-15)14(17)21-6-5-20-2/h3-4,7-8H,5-6H2,1-2H3/b12-7+. The highest BCUT2D eigenvalue weighted by Gasteiger charge is 2.13. The number of nitriles is 1. The number of nitrogens with zero attached hydrogens (tertiary/aromatic N) is 2. The van der Waals surface area contributed by atoms with E-state index in [1.807, 2.05) is 0 Å². The van der Waals surface area contributed by atoms with Gasteiger partial charge in [0.25, 0.3) is 5.69 Å². The van der Waals surface area contributed by atoms with E-state index in [-0.39, 0.29) is 24.5 Å². The van der Waals surface area contributed by atoms with Crippen LogP contribution in [0.2, 0.25) is 0 Å². The highest BCUT2D eigenvalue weighted by atomic mass is 16.6. The van der Waals surface area contributed by atoms with E-state index in [0.717, 1.165) is 0 Å². The van der Waals surface area contributed by atoms with Crippen LogP contribution in [0, 0.1) is 28.4 Å². The molecule has 0 unspecified atom stereocenters. The first-order valence-corrected chi connectivity index (χ1v) is 6.02. The molecule has 1 aromatic rings. The summed E-state index contributed by atoms with van der Waals surface area (Å²) in [5, 5.41) is 19.8. The van der Waals surface area contributed by atoms with Gasteiger partial charge in [-0.1, -0.05) is 12.1 Å². The van der Waals surface area contributed by atoms with Gasteiger partial charge in [-0.2, -0.15) is 5.26 Å². The van der Waals surface area contributed by atoms with E-state index in [0.29, 0.717) is 11.1 Å². The van der Waals surface area contributed by atoms with Gasteiger partial charge in [-0.05, 0) is 18.6 Å². The molecular formula is C14H14N2O5. The Balaban J connectivity index is 2.98. The van der Waals surface area contributed by atoms with Gasteiger partial charge in [-0.15, -0.1) is 0 Å². The lowest BCUT2D eigenvalue weighted by Crippen LogP contribution is -2.11. The summed E-state index contributed by atoms with van der Waals surface area (Å²) in [5.41, 5.74) is 0.573. The third-order valence-corrected chi connectivity index (χ3v) is 2.60. The molecule has 1 rings (SSSR count). The normalized spacial score (nSPS) is 10.8. The van der Waals surface area contributed by atoms with Crippen LogP contribution in [0.5, 0.6) is 0 Å². The van der Waals surface area contributed by atoms with Crippen molar-refractivity contribution in [2.75, 3.05) is 20.3 Å². The molecule has 0 bridgehead atoms. The van der Waals surface area contributed by atoms with Crippen molar-refractivity contribution in [3.05, 3.63) is 45.0 Å². The van der Waals surface area contributed by atoms with E-state index >= 15 is 0 Å². The van der Waals surface area contributed by atoms with E-state index in [1.54, 1.807) is 25.1 Å². The van der Waals surface area contributed by atoms with Crippen molar-refractivity contribution >= 4 is 17.7 Å². The number of carbonyl (C=O) groups excluding carboxylic acids is 1. The van der Waals surface area contributed by atoms with E-state index in [9.17, 15) is 14.9 Å². The van der Waals surface area contributed by atoms with E-state index in [1.165, 1.54) is 19.3 Å². The van der Waals surface area contributed by atoms with E-state index in [4.69, 9.17) is 14.7 Å². The van der Waals surface area contributed by atoms with Gasteiger partial charge in [0.2, 0.25) is 0 Å². The summed E-state index contributed by atoms with van der Waals surface area (Å²) in [6.07, 6.45) is 1.25. The van der Waals surface area contributed by atoms with Crippen LogP contribution in [0.25, 0.3) is 6.08 Å². The summed E-state index contributed by atoms with van der Waals surface area (Å²) >= 11 is 0. The maximum absolute atomic E-state index is 11.6. The molecule has 0 N–H and O–H groups in total. The van der Waals surface area contributed by atoms with Gasteiger partial charge in [0.15, 0.2) is 0 Å². The number of rotatable bonds is 6. The van der Waals surface area contributed by atoms with Crippen molar-refractivity contribution in [1.82, 2.24) is 0 Å². The topological polar surface area (TPSA) is 102 Å². The van der Waals surface area contributed by atoms with Crippen LogP contribution in [-0.2, 0) is 14.3 Å². The van der Waals surface area contributed by atoms with Gasteiger partial charge >= 0.3 is 5.97 Å². The van der Waals surface area contributed by atoms with E-state index < -0.39 is 10.9 Å². The minimum Gasteiger partial charge on any atom is -0.459 e. The molecule has 0 atom stereocenters. The smallest absolute Gasteiger partial charge is 0.348 e. The molecule has 0 amide bonds. The zero-order valence-corrected chi connectivity index (χ0v) is 11.7. The summed E-state index contributed by atoms with van der Waals surface area (Å²) in [5.74, 6) is -0.794. The van der Waals surface area contributed by atoms with Crippen LogP contribution >= 0.6 is 0 Å². The zero-order chi connectivity index (χ0) is 15.8. The maximum atomic E-state index is 11.6. The molecule has 0 aliphatic rings. The summed E-state index contributed by atoms with van der Waals surface area (Å²) in [4.78, 5) is 22.0. The molecule has 0 aromatic heterocycles. The minimum absolute atomic E-state index is 0.0302. The molecule has 0 fully saturated rings. The molecule has 7 heteroatoms. The molecule has 0 saturated heterocycles. The molecule has 110 valence electrons. The molecular weight excluding hydrogens is 276 g/mol. The first-order valence-electron chi connectivity index (χ1n) is 6.02. The maximum Gasteiger partial charge on any atom is 0.348 e. The quantitative estimate of drug-likeness (QED) is 0.198. The number of hydrogen-bond donors (Lipinski definition) is 0. The Bertz CT molecular complexity index is 616. The molecule has 0 saturated carbocycles. The second kappa shape index (κ2) is 7.77. The third kappa shape index (κ3) is 4.71. The molecule has 0 aliphatic carbocycles. The highest BCUT2D eigenvalue weighted by Crippen LogP contribution is 2.21. The first-order chi connectivity index (χ1) is 9.99. The van der Waals surface area contributed by atoms with Crippen molar-refractivity contribution < 1.29 is 19.2 Å². The van der Waals surface area contributed by atoms with Crippen molar-refractivity contribution in [1.29, 1.82) is 5.26 Å². The van der Waals surface area contributed by atoms with Crippen molar-refractivity contribution in [2.45, 2.75) is 6.92 Å². The van der Waals surface area contributed by atoms with Gasteiger partial charge in [0.05, 0.1) is 11.5 Å². The number of ether oxygens (including phenoxy) is 2. The number of aryl methyl sites for hydroxylation is 1. The largest absolute Gasteiger partial charge is 0.459 e. The fraction of sp³-hybridized carbons (Fsp3) is 0.286. The Morgan fingerprint density at radius 1 is 1.48 bits per heavy atom. The third-order valence-electron chi connectivity index (χ3n) is 2.60. The lowest BCUT2D eigenvalue weighted by Gasteiger charge is -2.03. The second-order valence-corrected chi connectivity index (χ2v) is 4.10. The predicted octanol–water partition coefficient (Wildman–Crippen LogP) is 2.00. The van der Waals surface area contributed by atoms with Crippen LogP contribution in [-0.4, -0.2) is 31.2 Å². The Labute approximate surface area is 121 Å². The fourth-order valence-electron chi connectivity index (χ4n) is 1.51. The summed E-state index contributed by atoms with van der Waals surface area (Å²) in [6, 6.07) is 6.15. The molecule has 0 radical (unpaired) electrons. The molecule has 0 aliphatic heterocycles. The predicted molar refractivity (Wildman–Crippen MR) is 74.3 cm³/mol. The van der Waals surface area contributed by atoms with Crippen molar-refractivity contribution in [3.8, 4) is 6.07 Å². The lowest BCUT2D eigenvalue weighted by molar-refractivity contribution is -0.385. The number of hydrogen-bond acceptors (Lipinski definition) is 6. The summed E-state index contributed by atoms with van der Waals surface area (Å²) in [6.45, 7) is 1.86. The molecule has 7 nitrogen and oxygen atoms in total. The number of benzene rings is 1. The first kappa shape index (κ1) is 16.3. The number of methoxy groups -OCH3 is 1. The monoisotopic (exact) mass is 290 g/mol. The number of carbonyl (C=O) groups is 1. The SMILES string of the molecule is COCCOC(=O)/C(C#N)=C/c1ccc(C)c([N+](=O)[O-])c1. The van der Waals surface area contributed by atoms with Crippen molar-refractivity contribution in [2.24, 2.45) is 0 Å². The number of nitro groups is 1. The second-order valence-electron chi connectivity index (χ2n) is 4.10. The Hall–Kier alpha value is -2.72. The van der Waals surface area contributed by atoms with Gasteiger partial charge in [-0.25, -0.2) is 4.79 Å². The molecule has 0 heterocycles. The minimum atomic E-state index is -0.794. The summed E-state index contributed by atoms with van der Waals surface area (Å²) < 4.78 is 9.55. The Morgan fingerprint density at radius 3 is 2.76 bits per heavy atom. The average molecular weight is 290 g/mol. The van der Waals surface area contributed by atoms with Gasteiger partial charge in [-0.3, -0.25) is 10.1 Å². The average Bonchev–Trinajstić information content (AvgIpc) is 2.46. The molecule has 21 heavy (non-hydrogen) atoms. The van der Waals surface area contributed by atoms with Crippen LogP contribution in [0.3, 0.4) is 0 Å². The lowest BCUT2D eigenvalue weighted by atomic mass is 10.1. The van der Waals surface area contributed by atoms with E-state index in [2.05, 4.69) is 0 Å². The highest BCUT2D eigenvalue weighted by molar-refractivity contribution is 5.97. The van der Waals surface area contributed by atoms with Crippen LogP contribution in [0.15, 0.2) is 23.8 Å². The van der Waals surface area contributed by atoms with Crippen LogP contribution < -0.4 is 0 Å². The van der Waals surface area contributed by atoms with Gasteiger partial charge in [0, 0.05) is 18.7 Å². The van der Waals surface area contributed by atoms with Crippen molar-refractivity contribution in [3.63, 3.8) is 0 Å². The van der Waals surface area contributed by atoms with Crippen LogP contribution in [0.4, 0.5) is 5.69 Å². The molecule has 0 spiro atoms. The Morgan fingerprint density at radius 2 is 2.19 bits per heavy atom. The number of nitro benzene ring substituents is 1. The zero-order valence-electron chi connectivity index (χ0n) is 11.7. The fourth-order valence-corrected chi connectivity index (χ4v) is 1.51.